The van der Waals surface area contributed by atoms with Crippen molar-refractivity contribution in [3.05, 3.63) is 65.5 Å². The summed E-state index contributed by atoms with van der Waals surface area (Å²) < 4.78 is 43.8. The molecule has 2 aromatic rings. The highest BCUT2D eigenvalue weighted by molar-refractivity contribution is 5.94. The summed E-state index contributed by atoms with van der Waals surface area (Å²) in [6.07, 6.45) is -1.04. The van der Waals surface area contributed by atoms with Gasteiger partial charge in [0.15, 0.2) is 0 Å². The van der Waals surface area contributed by atoms with Gasteiger partial charge in [0.1, 0.15) is 0 Å². The third kappa shape index (κ3) is 4.60. The number of rotatable bonds is 5. The van der Waals surface area contributed by atoms with Crippen LogP contribution in [-0.2, 0) is 17.5 Å². The summed E-state index contributed by atoms with van der Waals surface area (Å²) in [6.45, 7) is 1.33. The molecule has 0 spiro atoms. The number of halogens is 3. The fourth-order valence-corrected chi connectivity index (χ4v) is 2.92. The average Bonchev–Trinajstić information content (AvgIpc) is 3.14. The van der Waals surface area contributed by atoms with Gasteiger partial charge in [-0.3, -0.25) is 9.78 Å². The molecule has 1 aliphatic rings. The second kappa shape index (κ2) is 7.86. The molecule has 0 radical (unpaired) electrons. The second-order valence-corrected chi connectivity index (χ2v) is 6.22. The van der Waals surface area contributed by atoms with Gasteiger partial charge in [-0.25, -0.2) is 0 Å². The van der Waals surface area contributed by atoms with Crippen molar-refractivity contribution in [1.82, 2.24) is 9.88 Å². The van der Waals surface area contributed by atoms with Gasteiger partial charge in [-0.05, 0) is 49.2 Å². The van der Waals surface area contributed by atoms with Crippen molar-refractivity contribution in [2.45, 2.75) is 31.7 Å². The highest BCUT2D eigenvalue weighted by atomic mass is 19.4. The number of ether oxygens (including phenoxy) is 1. The molecule has 1 atom stereocenters. The van der Waals surface area contributed by atoms with E-state index in [0.717, 1.165) is 25.0 Å². The van der Waals surface area contributed by atoms with Crippen molar-refractivity contribution in [3.8, 4) is 0 Å². The SMILES string of the molecule is O=C(c1ccc(C(F)(F)F)cc1)N(Cc1ccccn1)C[C@@H]1CCCO1. The maximum Gasteiger partial charge on any atom is 0.416 e. The average molecular weight is 364 g/mol. The van der Waals surface area contributed by atoms with E-state index in [1.807, 2.05) is 12.1 Å². The van der Waals surface area contributed by atoms with Crippen LogP contribution in [0.1, 0.15) is 34.5 Å². The van der Waals surface area contributed by atoms with Gasteiger partial charge < -0.3 is 9.64 Å². The summed E-state index contributed by atoms with van der Waals surface area (Å²) in [7, 11) is 0. The molecule has 4 nitrogen and oxygen atoms in total. The minimum Gasteiger partial charge on any atom is -0.376 e. The smallest absolute Gasteiger partial charge is 0.376 e. The lowest BCUT2D eigenvalue weighted by Gasteiger charge is -2.25. The van der Waals surface area contributed by atoms with Crippen LogP contribution in [0, 0.1) is 0 Å². The van der Waals surface area contributed by atoms with Gasteiger partial charge in [0.2, 0.25) is 0 Å². The largest absolute Gasteiger partial charge is 0.416 e. The first-order valence-electron chi connectivity index (χ1n) is 8.41. The lowest BCUT2D eigenvalue weighted by atomic mass is 10.1. The monoisotopic (exact) mass is 364 g/mol. The molecule has 2 heterocycles. The number of nitrogens with zero attached hydrogens (tertiary/aromatic N) is 2. The van der Waals surface area contributed by atoms with E-state index < -0.39 is 11.7 Å². The summed E-state index contributed by atoms with van der Waals surface area (Å²) in [6, 6.07) is 9.71. The van der Waals surface area contributed by atoms with E-state index in [-0.39, 0.29) is 24.1 Å². The van der Waals surface area contributed by atoms with E-state index in [1.54, 1.807) is 17.2 Å². The van der Waals surface area contributed by atoms with E-state index >= 15 is 0 Å². The molecule has 138 valence electrons. The number of alkyl halides is 3. The number of carbonyl (C=O) groups excluding carboxylic acids is 1. The van der Waals surface area contributed by atoms with Crippen molar-refractivity contribution >= 4 is 5.91 Å². The van der Waals surface area contributed by atoms with Gasteiger partial charge >= 0.3 is 6.18 Å². The molecule has 3 rings (SSSR count). The Morgan fingerprint density at radius 2 is 1.96 bits per heavy atom. The zero-order valence-corrected chi connectivity index (χ0v) is 14.1. The van der Waals surface area contributed by atoms with Crippen molar-refractivity contribution in [2.24, 2.45) is 0 Å². The molecule has 1 saturated heterocycles. The number of carbonyl (C=O) groups is 1. The van der Waals surface area contributed by atoms with Crippen LogP contribution in [0.15, 0.2) is 48.7 Å². The predicted octanol–water partition coefficient (Wildman–Crippen LogP) is 3.92. The van der Waals surface area contributed by atoms with Crippen molar-refractivity contribution in [3.63, 3.8) is 0 Å². The number of pyridine rings is 1. The third-order valence-electron chi connectivity index (χ3n) is 4.27. The summed E-state index contributed by atoms with van der Waals surface area (Å²) in [5.74, 6) is -0.333. The maximum absolute atomic E-state index is 12.9. The first kappa shape index (κ1) is 18.4. The molecular formula is C19H19F3N2O2. The Hall–Kier alpha value is -2.41. The zero-order valence-electron chi connectivity index (χ0n) is 14.1. The van der Waals surface area contributed by atoms with Crippen molar-refractivity contribution in [1.29, 1.82) is 0 Å². The quantitative estimate of drug-likeness (QED) is 0.808. The van der Waals surface area contributed by atoms with Crippen LogP contribution in [0.3, 0.4) is 0 Å². The Labute approximate surface area is 149 Å². The molecule has 1 aromatic heterocycles. The minimum absolute atomic E-state index is 0.0582. The van der Waals surface area contributed by atoms with Crippen LogP contribution in [0.25, 0.3) is 0 Å². The maximum atomic E-state index is 12.9. The van der Waals surface area contributed by atoms with Crippen molar-refractivity contribution < 1.29 is 22.7 Å². The molecule has 1 aliphatic heterocycles. The third-order valence-corrected chi connectivity index (χ3v) is 4.27. The van der Waals surface area contributed by atoms with Crippen molar-refractivity contribution in [2.75, 3.05) is 13.2 Å². The van der Waals surface area contributed by atoms with E-state index in [2.05, 4.69) is 4.98 Å². The van der Waals surface area contributed by atoms with Crippen LogP contribution in [0.4, 0.5) is 13.2 Å². The Bertz CT molecular complexity index is 727. The van der Waals surface area contributed by atoms with Gasteiger partial charge in [0, 0.05) is 24.9 Å². The standard InChI is InChI=1S/C19H19F3N2O2/c20-19(21,22)15-8-6-14(7-9-15)18(25)24(13-17-5-3-11-26-17)12-16-4-1-2-10-23-16/h1-2,4,6-10,17H,3,5,11-13H2/t17-/m0/s1. The number of amides is 1. The van der Waals surface area contributed by atoms with E-state index in [0.29, 0.717) is 18.8 Å². The second-order valence-electron chi connectivity index (χ2n) is 6.22. The first-order valence-corrected chi connectivity index (χ1v) is 8.41. The summed E-state index contributed by atoms with van der Waals surface area (Å²) in [5.41, 5.74) is 0.155. The molecule has 26 heavy (non-hydrogen) atoms. The molecule has 0 N–H and O–H groups in total. The van der Waals surface area contributed by atoms with Gasteiger partial charge in [-0.2, -0.15) is 13.2 Å². The molecule has 1 aromatic carbocycles. The first-order chi connectivity index (χ1) is 12.4. The molecule has 0 unspecified atom stereocenters. The number of benzene rings is 1. The Morgan fingerprint density at radius 1 is 1.19 bits per heavy atom. The summed E-state index contributed by atoms with van der Waals surface area (Å²) >= 11 is 0. The van der Waals surface area contributed by atoms with Crippen LogP contribution in [-0.4, -0.2) is 35.0 Å². The van der Waals surface area contributed by atoms with Gasteiger partial charge in [0.05, 0.1) is 23.9 Å². The fraction of sp³-hybridized carbons (Fsp3) is 0.368. The molecule has 7 heteroatoms. The number of aromatic nitrogens is 1. The zero-order chi connectivity index (χ0) is 18.6. The fourth-order valence-electron chi connectivity index (χ4n) is 2.92. The highest BCUT2D eigenvalue weighted by Gasteiger charge is 2.31. The molecular weight excluding hydrogens is 345 g/mol. The summed E-state index contributed by atoms with van der Waals surface area (Å²) in [4.78, 5) is 18.7. The minimum atomic E-state index is -4.42. The lowest BCUT2D eigenvalue weighted by molar-refractivity contribution is -0.137. The number of hydrogen-bond donors (Lipinski definition) is 0. The Morgan fingerprint density at radius 3 is 2.54 bits per heavy atom. The van der Waals surface area contributed by atoms with Crippen LogP contribution >= 0.6 is 0 Å². The molecule has 1 fully saturated rings. The molecule has 0 bridgehead atoms. The summed E-state index contributed by atoms with van der Waals surface area (Å²) in [5, 5.41) is 0. The van der Waals surface area contributed by atoms with Crippen LogP contribution in [0.2, 0.25) is 0 Å². The lowest BCUT2D eigenvalue weighted by Crippen LogP contribution is -2.37. The van der Waals surface area contributed by atoms with E-state index in [1.165, 1.54) is 12.1 Å². The number of hydrogen-bond acceptors (Lipinski definition) is 3. The topological polar surface area (TPSA) is 42.4 Å². The van der Waals surface area contributed by atoms with Crippen LogP contribution < -0.4 is 0 Å². The molecule has 0 aliphatic carbocycles. The molecule has 1 amide bonds. The van der Waals surface area contributed by atoms with E-state index in [4.69, 9.17) is 4.74 Å². The molecule has 0 saturated carbocycles. The Balaban J connectivity index is 1.79. The van der Waals surface area contributed by atoms with Gasteiger partial charge in [-0.15, -0.1) is 0 Å². The van der Waals surface area contributed by atoms with E-state index in [9.17, 15) is 18.0 Å². The predicted molar refractivity (Wildman–Crippen MR) is 89.4 cm³/mol. The van der Waals surface area contributed by atoms with Gasteiger partial charge in [-0.1, -0.05) is 6.07 Å². The van der Waals surface area contributed by atoms with Gasteiger partial charge in [0.25, 0.3) is 5.91 Å². The highest BCUT2D eigenvalue weighted by Crippen LogP contribution is 2.29. The Kier molecular flexibility index (Phi) is 5.56. The van der Waals surface area contributed by atoms with Crippen LogP contribution in [0.5, 0.6) is 0 Å². The normalized spacial score (nSPS) is 17.3.